The van der Waals surface area contributed by atoms with Gasteiger partial charge in [-0.3, -0.25) is 4.79 Å². The van der Waals surface area contributed by atoms with Crippen LogP contribution in [0.1, 0.15) is 37.4 Å². The van der Waals surface area contributed by atoms with Crippen molar-refractivity contribution >= 4 is 5.91 Å². The van der Waals surface area contributed by atoms with E-state index in [1.807, 2.05) is 32.9 Å². The normalized spacial score (nSPS) is 20.3. The van der Waals surface area contributed by atoms with Crippen LogP contribution >= 0.6 is 0 Å². The Balaban J connectivity index is 2.28. The number of rotatable bonds is 3. The molecule has 0 aromatic heterocycles. The third kappa shape index (κ3) is 3.26. The zero-order chi connectivity index (χ0) is 14.0. The summed E-state index contributed by atoms with van der Waals surface area (Å²) in [5.41, 5.74) is 1.92. The molecule has 0 unspecified atom stereocenters. The highest BCUT2D eigenvalue weighted by Crippen LogP contribution is 2.39. The summed E-state index contributed by atoms with van der Waals surface area (Å²) in [6.07, 6.45) is 0.749. The van der Waals surface area contributed by atoms with Crippen LogP contribution in [-0.4, -0.2) is 25.2 Å². The molecule has 1 heterocycles. The van der Waals surface area contributed by atoms with Gasteiger partial charge in [0.05, 0.1) is 6.04 Å². The molecule has 1 amide bonds. The van der Waals surface area contributed by atoms with E-state index in [4.69, 9.17) is 9.47 Å². The van der Waals surface area contributed by atoms with Crippen LogP contribution in [0.4, 0.5) is 0 Å². The van der Waals surface area contributed by atoms with Crippen LogP contribution in [0.25, 0.3) is 0 Å². The summed E-state index contributed by atoms with van der Waals surface area (Å²) in [7, 11) is 1.52. The molecule has 1 N–H and O–H groups in total. The fraction of sp³-hybridized carbons (Fsp3) is 0.533. The monoisotopic (exact) mass is 263 g/mol. The fourth-order valence-corrected chi connectivity index (χ4v) is 2.47. The zero-order valence-electron chi connectivity index (χ0n) is 11.9. The lowest BCUT2D eigenvalue weighted by Crippen LogP contribution is -2.42. The summed E-state index contributed by atoms with van der Waals surface area (Å²) >= 11 is 0. The van der Waals surface area contributed by atoms with E-state index >= 15 is 0 Å². The third-order valence-electron chi connectivity index (χ3n) is 3.23. The Kier molecular flexibility index (Phi) is 3.80. The molecule has 0 fully saturated rings. The number of hydrogen-bond acceptors (Lipinski definition) is 3. The average Bonchev–Trinajstić information content (AvgIpc) is 2.29. The highest BCUT2D eigenvalue weighted by molar-refractivity contribution is 5.77. The number of carbonyl (C=O) groups is 1. The van der Waals surface area contributed by atoms with Crippen LogP contribution in [0.15, 0.2) is 18.2 Å². The van der Waals surface area contributed by atoms with Crippen molar-refractivity contribution in [2.45, 2.75) is 38.8 Å². The molecule has 1 aromatic carbocycles. The van der Waals surface area contributed by atoms with Gasteiger partial charge in [-0.1, -0.05) is 17.7 Å². The molecule has 0 spiro atoms. The second-order valence-electron chi connectivity index (χ2n) is 5.66. The van der Waals surface area contributed by atoms with E-state index in [0.717, 1.165) is 23.3 Å². The van der Waals surface area contributed by atoms with Crippen molar-refractivity contribution < 1.29 is 14.3 Å². The predicted molar refractivity (Wildman–Crippen MR) is 73.3 cm³/mol. The molecule has 1 aliphatic rings. The first-order valence-electron chi connectivity index (χ1n) is 6.49. The van der Waals surface area contributed by atoms with Gasteiger partial charge < -0.3 is 14.8 Å². The molecule has 0 bridgehead atoms. The summed E-state index contributed by atoms with van der Waals surface area (Å²) < 4.78 is 10.8. The molecule has 0 aliphatic carbocycles. The minimum absolute atomic E-state index is 0.0266. The predicted octanol–water partition coefficient (Wildman–Crippen LogP) is 2.36. The van der Waals surface area contributed by atoms with Gasteiger partial charge in [0.15, 0.2) is 0 Å². The van der Waals surface area contributed by atoms with Gasteiger partial charge in [0, 0.05) is 19.1 Å². The Labute approximate surface area is 114 Å². The number of methoxy groups -OCH3 is 1. The summed E-state index contributed by atoms with van der Waals surface area (Å²) in [4.78, 5) is 11.7. The molecule has 0 radical (unpaired) electrons. The number of aryl methyl sites for hydroxylation is 1. The second-order valence-corrected chi connectivity index (χ2v) is 5.66. The summed E-state index contributed by atoms with van der Waals surface area (Å²) in [5, 5.41) is 3.01. The number of hydrogen-bond donors (Lipinski definition) is 1. The van der Waals surface area contributed by atoms with Crippen molar-refractivity contribution in [2.24, 2.45) is 0 Å². The maximum Gasteiger partial charge on any atom is 0.246 e. The summed E-state index contributed by atoms with van der Waals surface area (Å²) in [6, 6.07) is 6.04. The van der Waals surface area contributed by atoms with Gasteiger partial charge in [0.2, 0.25) is 5.91 Å². The van der Waals surface area contributed by atoms with Crippen LogP contribution in [0.5, 0.6) is 5.75 Å². The fourth-order valence-electron chi connectivity index (χ4n) is 2.47. The van der Waals surface area contributed by atoms with E-state index < -0.39 is 0 Å². The molecule has 0 saturated carbocycles. The minimum atomic E-state index is -0.284. The van der Waals surface area contributed by atoms with Crippen LogP contribution < -0.4 is 10.1 Å². The number of fused-ring (bicyclic) bond motifs is 1. The standard InChI is InChI=1S/C15H21NO3/c1-10-5-6-13-11(7-10)12(8-15(2,3)19-13)16-14(17)9-18-4/h5-7,12H,8-9H2,1-4H3,(H,16,17)/t12-/m1/s1. The molecule has 4 heteroatoms. The van der Waals surface area contributed by atoms with Crippen LogP contribution in [0.2, 0.25) is 0 Å². The van der Waals surface area contributed by atoms with E-state index in [2.05, 4.69) is 11.4 Å². The maximum absolute atomic E-state index is 11.7. The highest BCUT2D eigenvalue weighted by atomic mass is 16.5. The van der Waals surface area contributed by atoms with Crippen molar-refractivity contribution in [3.8, 4) is 5.75 Å². The molecule has 19 heavy (non-hydrogen) atoms. The molecule has 0 saturated heterocycles. The first-order chi connectivity index (χ1) is 8.91. The minimum Gasteiger partial charge on any atom is -0.487 e. The second kappa shape index (κ2) is 5.21. The Morgan fingerprint density at radius 3 is 2.95 bits per heavy atom. The van der Waals surface area contributed by atoms with E-state index in [-0.39, 0.29) is 24.2 Å². The van der Waals surface area contributed by atoms with E-state index in [0.29, 0.717) is 0 Å². The number of ether oxygens (including phenoxy) is 2. The zero-order valence-corrected chi connectivity index (χ0v) is 11.9. The van der Waals surface area contributed by atoms with Gasteiger partial charge in [-0.2, -0.15) is 0 Å². The van der Waals surface area contributed by atoms with Crippen molar-refractivity contribution in [1.82, 2.24) is 5.32 Å². The van der Waals surface area contributed by atoms with Gasteiger partial charge >= 0.3 is 0 Å². The molecule has 4 nitrogen and oxygen atoms in total. The van der Waals surface area contributed by atoms with Gasteiger partial charge in [0.1, 0.15) is 18.0 Å². The molecule has 1 aliphatic heterocycles. The quantitative estimate of drug-likeness (QED) is 0.910. The van der Waals surface area contributed by atoms with Crippen LogP contribution in [-0.2, 0) is 9.53 Å². The molecular weight excluding hydrogens is 242 g/mol. The molecule has 1 aromatic rings. The summed E-state index contributed by atoms with van der Waals surface area (Å²) in [5.74, 6) is 0.752. The lowest BCUT2D eigenvalue weighted by molar-refractivity contribution is -0.126. The lowest BCUT2D eigenvalue weighted by Gasteiger charge is -2.38. The lowest BCUT2D eigenvalue weighted by atomic mass is 9.89. The van der Waals surface area contributed by atoms with Gasteiger partial charge in [-0.05, 0) is 26.8 Å². The van der Waals surface area contributed by atoms with Crippen molar-refractivity contribution in [3.63, 3.8) is 0 Å². The SMILES string of the molecule is COCC(=O)N[C@@H]1CC(C)(C)Oc2ccc(C)cc21. The number of benzene rings is 1. The highest BCUT2D eigenvalue weighted by Gasteiger charge is 2.34. The molecule has 104 valence electrons. The Bertz CT molecular complexity index is 482. The number of carbonyl (C=O) groups excluding carboxylic acids is 1. The Hall–Kier alpha value is -1.55. The first kappa shape index (κ1) is 13.9. The van der Waals surface area contributed by atoms with Crippen molar-refractivity contribution in [3.05, 3.63) is 29.3 Å². The van der Waals surface area contributed by atoms with Crippen molar-refractivity contribution in [1.29, 1.82) is 0 Å². The van der Waals surface area contributed by atoms with Crippen LogP contribution in [0.3, 0.4) is 0 Å². The molecule has 1 atom stereocenters. The first-order valence-corrected chi connectivity index (χ1v) is 6.49. The van der Waals surface area contributed by atoms with Crippen LogP contribution in [0, 0.1) is 6.92 Å². The number of amides is 1. The number of nitrogens with one attached hydrogen (secondary N) is 1. The topological polar surface area (TPSA) is 47.6 Å². The Morgan fingerprint density at radius 1 is 1.53 bits per heavy atom. The average molecular weight is 263 g/mol. The van der Waals surface area contributed by atoms with Crippen molar-refractivity contribution in [2.75, 3.05) is 13.7 Å². The van der Waals surface area contributed by atoms with E-state index in [1.54, 1.807) is 0 Å². The summed E-state index contributed by atoms with van der Waals surface area (Å²) in [6.45, 7) is 6.18. The molecule has 2 rings (SSSR count). The third-order valence-corrected chi connectivity index (χ3v) is 3.23. The Morgan fingerprint density at radius 2 is 2.26 bits per heavy atom. The largest absolute Gasteiger partial charge is 0.487 e. The molecular formula is C15H21NO3. The maximum atomic E-state index is 11.7. The van der Waals surface area contributed by atoms with Gasteiger partial charge in [0.25, 0.3) is 0 Å². The van der Waals surface area contributed by atoms with Gasteiger partial charge in [-0.15, -0.1) is 0 Å². The smallest absolute Gasteiger partial charge is 0.246 e. The van der Waals surface area contributed by atoms with Gasteiger partial charge in [-0.25, -0.2) is 0 Å². The van der Waals surface area contributed by atoms with E-state index in [9.17, 15) is 4.79 Å². The van der Waals surface area contributed by atoms with E-state index in [1.165, 1.54) is 7.11 Å².